The van der Waals surface area contributed by atoms with E-state index in [2.05, 4.69) is 32.3 Å². The third-order valence-corrected chi connectivity index (χ3v) is 6.44. The number of hydrogen-bond acceptors (Lipinski definition) is 5. The molecule has 0 unspecified atom stereocenters. The predicted molar refractivity (Wildman–Crippen MR) is 125 cm³/mol. The van der Waals surface area contributed by atoms with Crippen molar-refractivity contribution in [1.82, 2.24) is 20.2 Å². The molecule has 0 bridgehead atoms. The minimum absolute atomic E-state index is 0.100. The molecule has 3 heterocycles. The van der Waals surface area contributed by atoms with E-state index < -0.39 is 0 Å². The first-order chi connectivity index (χ1) is 15.2. The number of anilines is 2. The monoisotopic (exact) mass is 418 g/mol. The summed E-state index contributed by atoms with van der Waals surface area (Å²) >= 11 is 0. The largest absolute Gasteiger partial charge is 0.369 e. The Balaban J connectivity index is 1.25. The van der Waals surface area contributed by atoms with Crippen molar-refractivity contribution in [2.45, 2.75) is 32.4 Å². The molecule has 0 aliphatic carbocycles. The molecule has 1 atom stereocenters. The van der Waals surface area contributed by atoms with Crippen LogP contribution >= 0.6 is 0 Å². The van der Waals surface area contributed by atoms with Gasteiger partial charge in [-0.2, -0.15) is 0 Å². The Labute approximate surface area is 182 Å². The Morgan fingerprint density at radius 1 is 1.13 bits per heavy atom. The fourth-order valence-corrected chi connectivity index (χ4v) is 4.59. The van der Waals surface area contributed by atoms with Crippen molar-refractivity contribution < 1.29 is 4.79 Å². The van der Waals surface area contributed by atoms with Crippen molar-refractivity contribution in [1.29, 1.82) is 0 Å². The summed E-state index contributed by atoms with van der Waals surface area (Å²) in [6, 6.07) is 14.3. The summed E-state index contributed by atoms with van der Waals surface area (Å²) in [5.74, 6) is 0.882. The van der Waals surface area contributed by atoms with Gasteiger partial charge in [0.05, 0.1) is 17.6 Å². The Kier molecular flexibility index (Phi) is 5.61. The van der Waals surface area contributed by atoms with E-state index in [0.717, 1.165) is 67.5 Å². The van der Waals surface area contributed by atoms with E-state index in [4.69, 9.17) is 4.98 Å². The highest BCUT2D eigenvalue weighted by Crippen LogP contribution is 2.22. The molecule has 2 aliphatic heterocycles. The molecule has 3 N–H and O–H groups in total. The van der Waals surface area contributed by atoms with Crippen molar-refractivity contribution in [2.24, 2.45) is 0 Å². The smallest absolute Gasteiger partial charge is 0.255 e. The van der Waals surface area contributed by atoms with Gasteiger partial charge in [-0.15, -0.1) is 0 Å². The first-order valence-corrected chi connectivity index (χ1v) is 11.3. The molecule has 31 heavy (non-hydrogen) atoms. The summed E-state index contributed by atoms with van der Waals surface area (Å²) in [4.78, 5) is 25.7. The molecular formula is C24H30N6O. The molecule has 1 amide bonds. The predicted octanol–water partition coefficient (Wildman–Crippen LogP) is 3.21. The molecule has 5 rings (SSSR count). The van der Waals surface area contributed by atoms with Crippen LogP contribution in [0, 0.1) is 0 Å². The Morgan fingerprint density at radius 3 is 2.68 bits per heavy atom. The van der Waals surface area contributed by atoms with E-state index >= 15 is 0 Å². The number of H-pyrrole nitrogens is 1. The standard InChI is InChI=1S/C24H30N6O/c1-17-3-2-12-30(17)16-23-27-21-9-6-19(15-22(21)28-23)26-24(31)18-4-7-20(8-5-18)29-13-10-25-11-14-29/h4-9,15,17,25H,2-3,10-14,16H2,1H3,(H,26,31)(H,27,28)/t17-/m0/s1. The van der Waals surface area contributed by atoms with Gasteiger partial charge in [-0.3, -0.25) is 9.69 Å². The molecule has 2 aromatic carbocycles. The van der Waals surface area contributed by atoms with Gasteiger partial charge in [-0.25, -0.2) is 4.98 Å². The summed E-state index contributed by atoms with van der Waals surface area (Å²) in [6.07, 6.45) is 2.51. The van der Waals surface area contributed by atoms with E-state index in [0.29, 0.717) is 11.6 Å². The van der Waals surface area contributed by atoms with Crippen LogP contribution in [0.25, 0.3) is 11.0 Å². The molecule has 3 aromatic rings. The summed E-state index contributed by atoms with van der Waals surface area (Å²) < 4.78 is 0. The molecule has 162 valence electrons. The van der Waals surface area contributed by atoms with Crippen LogP contribution < -0.4 is 15.5 Å². The summed E-state index contributed by atoms with van der Waals surface area (Å²) in [6.45, 7) is 8.24. The first-order valence-electron chi connectivity index (χ1n) is 11.3. The van der Waals surface area contributed by atoms with Crippen LogP contribution in [-0.2, 0) is 6.54 Å². The van der Waals surface area contributed by atoms with Crippen LogP contribution in [0.4, 0.5) is 11.4 Å². The maximum atomic E-state index is 12.7. The van der Waals surface area contributed by atoms with Gasteiger partial charge >= 0.3 is 0 Å². The normalized spacial score (nSPS) is 19.8. The van der Waals surface area contributed by atoms with Gasteiger partial charge in [0, 0.05) is 49.2 Å². The number of aromatic amines is 1. The number of benzene rings is 2. The number of amides is 1. The zero-order valence-corrected chi connectivity index (χ0v) is 18.0. The van der Waals surface area contributed by atoms with Gasteiger partial charge < -0.3 is 20.5 Å². The van der Waals surface area contributed by atoms with Crippen LogP contribution in [0.3, 0.4) is 0 Å². The third kappa shape index (κ3) is 4.43. The second-order valence-electron chi connectivity index (χ2n) is 8.62. The van der Waals surface area contributed by atoms with Gasteiger partial charge in [-0.05, 0) is 68.8 Å². The van der Waals surface area contributed by atoms with E-state index in [1.165, 1.54) is 12.8 Å². The SMILES string of the molecule is C[C@H]1CCCN1Cc1nc2ccc(NC(=O)c3ccc(N4CCNCC4)cc3)cc2[nH]1. The number of carbonyl (C=O) groups is 1. The number of rotatable bonds is 5. The lowest BCUT2D eigenvalue weighted by Gasteiger charge is -2.29. The van der Waals surface area contributed by atoms with Crippen molar-refractivity contribution in [3.63, 3.8) is 0 Å². The van der Waals surface area contributed by atoms with Crippen molar-refractivity contribution >= 4 is 28.3 Å². The number of aromatic nitrogens is 2. The van der Waals surface area contributed by atoms with E-state index in [-0.39, 0.29) is 5.91 Å². The second-order valence-corrected chi connectivity index (χ2v) is 8.62. The Hall–Kier alpha value is -2.90. The quantitative estimate of drug-likeness (QED) is 0.593. The van der Waals surface area contributed by atoms with Gasteiger partial charge in [0.25, 0.3) is 5.91 Å². The highest BCUT2D eigenvalue weighted by molar-refractivity contribution is 6.05. The lowest BCUT2D eigenvalue weighted by atomic mass is 10.1. The molecule has 2 aliphatic rings. The first kappa shape index (κ1) is 20.0. The molecule has 2 saturated heterocycles. The minimum atomic E-state index is -0.100. The number of nitrogens with one attached hydrogen (secondary N) is 3. The van der Waals surface area contributed by atoms with Crippen molar-refractivity contribution in [3.05, 3.63) is 53.9 Å². The van der Waals surface area contributed by atoms with Gasteiger partial charge in [-0.1, -0.05) is 0 Å². The van der Waals surface area contributed by atoms with E-state index in [1.807, 2.05) is 42.5 Å². The van der Waals surface area contributed by atoms with Crippen molar-refractivity contribution in [2.75, 3.05) is 42.9 Å². The maximum absolute atomic E-state index is 12.7. The highest BCUT2D eigenvalue weighted by atomic mass is 16.1. The molecule has 0 radical (unpaired) electrons. The number of imidazole rings is 1. The zero-order chi connectivity index (χ0) is 21.2. The summed E-state index contributed by atoms with van der Waals surface area (Å²) in [5, 5.41) is 6.38. The zero-order valence-electron chi connectivity index (χ0n) is 18.0. The lowest BCUT2D eigenvalue weighted by molar-refractivity contribution is 0.102. The lowest BCUT2D eigenvalue weighted by Crippen LogP contribution is -2.43. The number of carbonyl (C=O) groups excluding carboxylic acids is 1. The average Bonchev–Trinajstić information content (AvgIpc) is 3.39. The maximum Gasteiger partial charge on any atom is 0.255 e. The Bertz CT molecular complexity index is 1050. The van der Waals surface area contributed by atoms with Crippen LogP contribution in [0.2, 0.25) is 0 Å². The van der Waals surface area contributed by atoms with E-state index in [9.17, 15) is 4.79 Å². The summed E-state index contributed by atoms with van der Waals surface area (Å²) in [5.41, 5.74) is 4.48. The molecule has 0 spiro atoms. The number of hydrogen-bond donors (Lipinski definition) is 3. The third-order valence-electron chi connectivity index (χ3n) is 6.44. The highest BCUT2D eigenvalue weighted by Gasteiger charge is 2.21. The molecule has 0 saturated carbocycles. The molecular weight excluding hydrogens is 388 g/mol. The van der Waals surface area contributed by atoms with Gasteiger partial charge in [0.2, 0.25) is 0 Å². The van der Waals surface area contributed by atoms with Crippen LogP contribution in [0.15, 0.2) is 42.5 Å². The number of fused-ring (bicyclic) bond motifs is 1. The minimum Gasteiger partial charge on any atom is -0.369 e. The van der Waals surface area contributed by atoms with Gasteiger partial charge in [0.1, 0.15) is 5.82 Å². The molecule has 7 nitrogen and oxygen atoms in total. The van der Waals surface area contributed by atoms with E-state index in [1.54, 1.807) is 0 Å². The van der Waals surface area contributed by atoms with Crippen LogP contribution in [0.5, 0.6) is 0 Å². The molecule has 1 aromatic heterocycles. The average molecular weight is 419 g/mol. The number of piperazine rings is 1. The summed E-state index contributed by atoms with van der Waals surface area (Å²) in [7, 11) is 0. The second kappa shape index (κ2) is 8.69. The van der Waals surface area contributed by atoms with Crippen LogP contribution in [0.1, 0.15) is 35.9 Å². The Morgan fingerprint density at radius 2 is 1.94 bits per heavy atom. The molecule has 2 fully saturated rings. The fraction of sp³-hybridized carbons (Fsp3) is 0.417. The van der Waals surface area contributed by atoms with Crippen molar-refractivity contribution in [3.8, 4) is 0 Å². The number of likely N-dealkylation sites (tertiary alicyclic amines) is 1. The molecule has 7 heteroatoms. The fourth-order valence-electron chi connectivity index (χ4n) is 4.59. The van der Waals surface area contributed by atoms with Gasteiger partial charge in [0.15, 0.2) is 0 Å². The van der Waals surface area contributed by atoms with Crippen LogP contribution in [-0.4, -0.2) is 59.5 Å². The number of nitrogens with zero attached hydrogens (tertiary/aromatic N) is 3. The topological polar surface area (TPSA) is 76.3 Å².